The fraction of sp³-hybridized carbons (Fsp3) is 0.417. The van der Waals surface area contributed by atoms with E-state index in [1.807, 2.05) is 17.8 Å². The molecule has 5 heteroatoms. The SMILES string of the molecule is CSC1(CNc2ccc(N)c(C(=O)O)c2)CC1. The number of rotatable bonds is 5. The number of aromatic carboxylic acids is 1. The van der Waals surface area contributed by atoms with Crippen LogP contribution in [0.4, 0.5) is 11.4 Å². The largest absolute Gasteiger partial charge is 0.478 e. The van der Waals surface area contributed by atoms with Crippen molar-refractivity contribution >= 4 is 29.1 Å². The molecule has 0 saturated heterocycles. The minimum absolute atomic E-state index is 0.156. The first-order valence-electron chi connectivity index (χ1n) is 5.48. The molecule has 0 bridgehead atoms. The molecule has 0 atom stereocenters. The van der Waals surface area contributed by atoms with Crippen molar-refractivity contribution in [2.75, 3.05) is 23.9 Å². The zero-order valence-corrected chi connectivity index (χ0v) is 10.5. The maximum atomic E-state index is 10.9. The predicted molar refractivity (Wildman–Crippen MR) is 71.8 cm³/mol. The Kier molecular flexibility index (Phi) is 3.19. The Morgan fingerprint density at radius 1 is 1.59 bits per heavy atom. The van der Waals surface area contributed by atoms with Gasteiger partial charge in [-0.05, 0) is 37.3 Å². The monoisotopic (exact) mass is 252 g/mol. The Bertz CT molecular complexity index is 444. The molecule has 0 amide bonds. The number of benzene rings is 1. The van der Waals surface area contributed by atoms with Crippen LogP contribution in [0, 0.1) is 0 Å². The molecule has 1 saturated carbocycles. The second-order valence-electron chi connectivity index (χ2n) is 4.35. The van der Waals surface area contributed by atoms with Crippen LogP contribution in [-0.4, -0.2) is 28.6 Å². The standard InChI is InChI=1S/C12H16N2O2S/c1-17-12(4-5-12)7-14-8-2-3-10(13)9(6-8)11(15)16/h2-3,6,14H,4-5,7,13H2,1H3,(H,15,16). The van der Waals surface area contributed by atoms with Crippen molar-refractivity contribution in [3.05, 3.63) is 23.8 Å². The quantitative estimate of drug-likeness (QED) is 0.701. The van der Waals surface area contributed by atoms with Gasteiger partial charge in [0.15, 0.2) is 0 Å². The molecule has 4 N–H and O–H groups in total. The van der Waals surface area contributed by atoms with Gasteiger partial charge in [0, 0.05) is 22.7 Å². The van der Waals surface area contributed by atoms with Gasteiger partial charge >= 0.3 is 5.97 Å². The average Bonchev–Trinajstić information content (AvgIpc) is 3.08. The van der Waals surface area contributed by atoms with Gasteiger partial charge in [-0.1, -0.05) is 0 Å². The second-order valence-corrected chi connectivity index (χ2v) is 5.62. The minimum Gasteiger partial charge on any atom is -0.478 e. The average molecular weight is 252 g/mol. The van der Waals surface area contributed by atoms with Crippen LogP contribution in [0.5, 0.6) is 0 Å². The highest BCUT2D eigenvalue weighted by atomic mass is 32.2. The van der Waals surface area contributed by atoms with Gasteiger partial charge in [0.2, 0.25) is 0 Å². The van der Waals surface area contributed by atoms with Gasteiger partial charge < -0.3 is 16.2 Å². The van der Waals surface area contributed by atoms with Crippen molar-refractivity contribution in [1.82, 2.24) is 0 Å². The van der Waals surface area contributed by atoms with Gasteiger partial charge in [-0.25, -0.2) is 4.79 Å². The van der Waals surface area contributed by atoms with E-state index in [0.29, 0.717) is 10.4 Å². The summed E-state index contributed by atoms with van der Waals surface area (Å²) >= 11 is 1.87. The summed E-state index contributed by atoms with van der Waals surface area (Å²) in [6.07, 6.45) is 4.56. The number of carbonyl (C=O) groups is 1. The number of hydrogen-bond donors (Lipinski definition) is 3. The Morgan fingerprint density at radius 2 is 2.29 bits per heavy atom. The minimum atomic E-state index is -0.989. The van der Waals surface area contributed by atoms with Crippen LogP contribution in [0.3, 0.4) is 0 Å². The van der Waals surface area contributed by atoms with Gasteiger partial charge in [-0.3, -0.25) is 0 Å². The van der Waals surface area contributed by atoms with Gasteiger partial charge in [-0.15, -0.1) is 0 Å². The lowest BCUT2D eigenvalue weighted by atomic mass is 10.1. The summed E-state index contributed by atoms with van der Waals surface area (Å²) in [6, 6.07) is 5.04. The molecule has 1 aromatic carbocycles. The van der Waals surface area contributed by atoms with Crippen molar-refractivity contribution in [2.45, 2.75) is 17.6 Å². The normalized spacial score (nSPS) is 16.5. The highest BCUT2D eigenvalue weighted by molar-refractivity contribution is 8.00. The van der Waals surface area contributed by atoms with Gasteiger partial charge in [0.05, 0.1) is 5.56 Å². The molecule has 2 rings (SSSR count). The smallest absolute Gasteiger partial charge is 0.337 e. The van der Waals surface area contributed by atoms with Crippen molar-refractivity contribution < 1.29 is 9.90 Å². The number of carboxylic acid groups (broad SMARTS) is 1. The van der Waals surface area contributed by atoms with E-state index in [4.69, 9.17) is 10.8 Å². The lowest BCUT2D eigenvalue weighted by molar-refractivity contribution is 0.0698. The summed E-state index contributed by atoms with van der Waals surface area (Å²) in [5, 5.41) is 12.2. The van der Waals surface area contributed by atoms with Crippen molar-refractivity contribution in [2.24, 2.45) is 0 Å². The molecule has 1 fully saturated rings. The van der Waals surface area contributed by atoms with E-state index in [-0.39, 0.29) is 5.56 Å². The van der Waals surface area contributed by atoms with Crippen LogP contribution < -0.4 is 11.1 Å². The van der Waals surface area contributed by atoms with Crippen molar-refractivity contribution in [3.63, 3.8) is 0 Å². The van der Waals surface area contributed by atoms with Crippen molar-refractivity contribution in [3.8, 4) is 0 Å². The number of nitrogens with one attached hydrogen (secondary N) is 1. The van der Waals surface area contributed by atoms with E-state index in [0.717, 1.165) is 12.2 Å². The number of hydrogen-bond acceptors (Lipinski definition) is 4. The number of nitrogens with two attached hydrogens (primary N) is 1. The molecule has 0 radical (unpaired) electrons. The third kappa shape index (κ3) is 2.66. The third-order valence-corrected chi connectivity index (χ3v) is 4.56. The first-order chi connectivity index (χ1) is 8.06. The highest BCUT2D eigenvalue weighted by Gasteiger charge is 2.41. The Hall–Kier alpha value is -1.36. The van der Waals surface area contributed by atoms with E-state index in [2.05, 4.69) is 11.6 Å². The number of anilines is 2. The lowest BCUT2D eigenvalue weighted by Gasteiger charge is -2.14. The lowest BCUT2D eigenvalue weighted by Crippen LogP contribution is -2.17. The summed E-state index contributed by atoms with van der Waals surface area (Å²) in [5.41, 5.74) is 6.87. The molecule has 92 valence electrons. The molecule has 1 aliphatic rings. The summed E-state index contributed by atoms with van der Waals surface area (Å²) in [5.74, 6) is -0.989. The zero-order valence-electron chi connectivity index (χ0n) is 9.69. The van der Waals surface area contributed by atoms with E-state index >= 15 is 0 Å². The van der Waals surface area contributed by atoms with E-state index < -0.39 is 5.97 Å². The molecule has 0 unspecified atom stereocenters. The Balaban J connectivity index is 2.06. The first-order valence-corrected chi connectivity index (χ1v) is 6.71. The molecule has 1 aromatic rings. The highest BCUT2D eigenvalue weighted by Crippen LogP contribution is 2.47. The molecule has 0 aliphatic heterocycles. The zero-order chi connectivity index (χ0) is 12.5. The topological polar surface area (TPSA) is 75.3 Å². The van der Waals surface area contributed by atoms with Crippen LogP contribution in [0.1, 0.15) is 23.2 Å². The van der Waals surface area contributed by atoms with Crippen LogP contribution >= 0.6 is 11.8 Å². The molecule has 0 spiro atoms. The number of carboxylic acids is 1. The van der Waals surface area contributed by atoms with E-state index in [1.54, 1.807) is 12.1 Å². The molecular weight excluding hydrogens is 236 g/mol. The summed E-state index contributed by atoms with van der Waals surface area (Å²) < 4.78 is 0.352. The number of nitrogen functional groups attached to an aromatic ring is 1. The molecule has 0 aromatic heterocycles. The Morgan fingerprint density at radius 3 is 2.82 bits per heavy atom. The van der Waals surface area contributed by atoms with Crippen LogP contribution in [0.25, 0.3) is 0 Å². The summed E-state index contributed by atoms with van der Waals surface area (Å²) in [7, 11) is 0. The first kappa shape index (κ1) is 12.1. The summed E-state index contributed by atoms with van der Waals surface area (Å²) in [4.78, 5) is 10.9. The van der Waals surface area contributed by atoms with E-state index in [9.17, 15) is 4.79 Å². The molecule has 4 nitrogen and oxygen atoms in total. The van der Waals surface area contributed by atoms with Gasteiger partial charge in [-0.2, -0.15) is 11.8 Å². The predicted octanol–water partition coefficient (Wildman–Crippen LogP) is 2.27. The summed E-state index contributed by atoms with van der Waals surface area (Å²) in [6.45, 7) is 0.872. The van der Waals surface area contributed by atoms with Crippen molar-refractivity contribution in [1.29, 1.82) is 0 Å². The second kappa shape index (κ2) is 4.49. The van der Waals surface area contributed by atoms with E-state index in [1.165, 1.54) is 12.8 Å². The molecular formula is C12H16N2O2S. The fourth-order valence-corrected chi connectivity index (χ4v) is 2.43. The number of thioether (sulfide) groups is 1. The van der Waals surface area contributed by atoms with Gasteiger partial charge in [0.1, 0.15) is 0 Å². The Labute approximate surface area is 105 Å². The van der Waals surface area contributed by atoms with Crippen LogP contribution in [0.2, 0.25) is 0 Å². The van der Waals surface area contributed by atoms with Crippen LogP contribution in [0.15, 0.2) is 18.2 Å². The maximum absolute atomic E-state index is 10.9. The van der Waals surface area contributed by atoms with Gasteiger partial charge in [0.25, 0.3) is 0 Å². The molecule has 17 heavy (non-hydrogen) atoms. The fourth-order valence-electron chi connectivity index (χ4n) is 1.71. The van der Waals surface area contributed by atoms with Crippen LogP contribution in [-0.2, 0) is 0 Å². The maximum Gasteiger partial charge on any atom is 0.337 e. The third-order valence-electron chi connectivity index (χ3n) is 3.14. The molecule has 1 aliphatic carbocycles. The molecule has 0 heterocycles.